The summed E-state index contributed by atoms with van der Waals surface area (Å²) < 4.78 is 0. The Morgan fingerprint density at radius 1 is 1.40 bits per heavy atom. The molecule has 3 heteroatoms. The summed E-state index contributed by atoms with van der Waals surface area (Å²) in [7, 11) is 0. The van der Waals surface area contributed by atoms with Crippen LogP contribution < -0.4 is 0 Å². The second-order valence-corrected chi connectivity index (χ2v) is 4.53. The van der Waals surface area contributed by atoms with E-state index in [1.807, 2.05) is 6.92 Å². The minimum Gasteiger partial charge on any atom is -0.392 e. The van der Waals surface area contributed by atoms with Crippen LogP contribution in [0.5, 0.6) is 0 Å². The van der Waals surface area contributed by atoms with Gasteiger partial charge in [-0.1, -0.05) is 34.8 Å². The zero-order chi connectivity index (χ0) is 11.4. The lowest BCUT2D eigenvalue weighted by atomic mass is 10.0. The molecular formula is C12H14Cl2O. The highest BCUT2D eigenvalue weighted by molar-refractivity contribution is 6.35. The molecule has 0 aromatic heterocycles. The highest BCUT2D eigenvalue weighted by Gasteiger charge is 2.11. The number of hydrogen-bond acceptors (Lipinski definition) is 1. The van der Waals surface area contributed by atoms with Gasteiger partial charge in [-0.2, -0.15) is 0 Å². The van der Waals surface area contributed by atoms with Crippen LogP contribution >= 0.6 is 23.2 Å². The van der Waals surface area contributed by atoms with Crippen molar-refractivity contribution in [3.63, 3.8) is 0 Å². The molecule has 0 bridgehead atoms. The maximum absolute atomic E-state index is 9.74. The molecule has 1 rings (SSSR count). The maximum atomic E-state index is 9.74. The van der Waals surface area contributed by atoms with Gasteiger partial charge in [0.15, 0.2) is 0 Å². The largest absolute Gasteiger partial charge is 0.392 e. The third-order valence-electron chi connectivity index (χ3n) is 2.09. The van der Waals surface area contributed by atoms with Gasteiger partial charge in [0.05, 0.1) is 6.10 Å². The highest BCUT2D eigenvalue weighted by Crippen LogP contribution is 2.26. The molecule has 0 aliphatic rings. The van der Waals surface area contributed by atoms with Crippen LogP contribution in [-0.2, 0) is 6.42 Å². The van der Waals surface area contributed by atoms with Crippen LogP contribution in [0.4, 0.5) is 0 Å². The van der Waals surface area contributed by atoms with E-state index >= 15 is 0 Å². The van der Waals surface area contributed by atoms with Gasteiger partial charge >= 0.3 is 0 Å². The van der Waals surface area contributed by atoms with E-state index in [4.69, 9.17) is 23.2 Å². The van der Waals surface area contributed by atoms with Gasteiger partial charge in [-0.15, -0.1) is 6.58 Å². The second kappa shape index (κ2) is 5.55. The minimum absolute atomic E-state index is 0.464. The summed E-state index contributed by atoms with van der Waals surface area (Å²) in [5, 5.41) is 10.9. The average molecular weight is 245 g/mol. The van der Waals surface area contributed by atoms with Crippen molar-refractivity contribution in [2.24, 2.45) is 0 Å². The first-order valence-corrected chi connectivity index (χ1v) is 5.51. The number of halogens is 2. The summed E-state index contributed by atoms with van der Waals surface area (Å²) in [6.45, 7) is 5.64. The zero-order valence-corrected chi connectivity index (χ0v) is 10.1. The molecule has 1 aromatic carbocycles. The van der Waals surface area contributed by atoms with Gasteiger partial charge in [-0.25, -0.2) is 0 Å². The SMILES string of the molecule is C=C(C)CC(O)Cc1c(Cl)cccc1Cl. The van der Waals surface area contributed by atoms with E-state index in [1.54, 1.807) is 18.2 Å². The molecule has 82 valence electrons. The maximum Gasteiger partial charge on any atom is 0.0618 e. The van der Waals surface area contributed by atoms with Crippen molar-refractivity contribution >= 4 is 23.2 Å². The third kappa shape index (κ3) is 3.86. The lowest BCUT2D eigenvalue weighted by Gasteiger charge is -2.12. The van der Waals surface area contributed by atoms with Crippen LogP contribution in [0.2, 0.25) is 10.0 Å². The van der Waals surface area contributed by atoms with E-state index in [0.29, 0.717) is 22.9 Å². The Morgan fingerprint density at radius 3 is 2.40 bits per heavy atom. The van der Waals surface area contributed by atoms with Crippen molar-refractivity contribution in [3.05, 3.63) is 46.0 Å². The molecule has 0 saturated heterocycles. The number of benzene rings is 1. The Labute approximate surface area is 100 Å². The van der Waals surface area contributed by atoms with Crippen LogP contribution in [-0.4, -0.2) is 11.2 Å². The number of hydrogen-bond donors (Lipinski definition) is 1. The normalized spacial score (nSPS) is 12.5. The van der Waals surface area contributed by atoms with Gasteiger partial charge < -0.3 is 5.11 Å². The fraction of sp³-hybridized carbons (Fsp3) is 0.333. The van der Waals surface area contributed by atoms with Gasteiger partial charge in [0, 0.05) is 16.5 Å². The molecule has 1 unspecified atom stereocenters. The third-order valence-corrected chi connectivity index (χ3v) is 2.79. The van der Waals surface area contributed by atoms with Crippen LogP contribution in [0.25, 0.3) is 0 Å². The van der Waals surface area contributed by atoms with Crippen LogP contribution in [0, 0.1) is 0 Å². The molecular weight excluding hydrogens is 231 g/mol. The van der Waals surface area contributed by atoms with Gasteiger partial charge in [-0.05, 0) is 31.0 Å². The van der Waals surface area contributed by atoms with Crippen molar-refractivity contribution in [1.82, 2.24) is 0 Å². The summed E-state index contributed by atoms with van der Waals surface area (Å²) in [5.41, 5.74) is 1.75. The monoisotopic (exact) mass is 244 g/mol. The quantitative estimate of drug-likeness (QED) is 0.798. The van der Waals surface area contributed by atoms with E-state index in [2.05, 4.69) is 6.58 Å². The molecule has 0 saturated carbocycles. The van der Waals surface area contributed by atoms with Gasteiger partial charge in [0.25, 0.3) is 0 Å². The number of aliphatic hydroxyl groups excluding tert-OH is 1. The smallest absolute Gasteiger partial charge is 0.0618 e. The van der Waals surface area contributed by atoms with Crippen molar-refractivity contribution in [1.29, 1.82) is 0 Å². The molecule has 0 aliphatic carbocycles. The highest BCUT2D eigenvalue weighted by atomic mass is 35.5. The Balaban J connectivity index is 2.76. The molecule has 15 heavy (non-hydrogen) atoms. The van der Waals surface area contributed by atoms with Crippen molar-refractivity contribution in [3.8, 4) is 0 Å². The standard InChI is InChI=1S/C12H14Cl2O/c1-8(2)6-9(15)7-10-11(13)4-3-5-12(10)14/h3-5,9,15H,1,6-7H2,2H3. The molecule has 0 radical (unpaired) electrons. The Hall–Kier alpha value is -0.500. The summed E-state index contributed by atoms with van der Waals surface area (Å²) in [5.74, 6) is 0. The average Bonchev–Trinajstić information content (AvgIpc) is 2.10. The summed E-state index contributed by atoms with van der Waals surface area (Å²) in [4.78, 5) is 0. The first-order chi connectivity index (χ1) is 7.00. The Kier molecular flexibility index (Phi) is 4.65. The van der Waals surface area contributed by atoms with E-state index < -0.39 is 6.10 Å². The van der Waals surface area contributed by atoms with E-state index in [1.165, 1.54) is 0 Å². The van der Waals surface area contributed by atoms with Crippen molar-refractivity contribution in [2.45, 2.75) is 25.9 Å². The van der Waals surface area contributed by atoms with Crippen molar-refractivity contribution < 1.29 is 5.11 Å². The molecule has 1 nitrogen and oxygen atoms in total. The summed E-state index contributed by atoms with van der Waals surface area (Å²) in [6.07, 6.45) is 0.562. The second-order valence-electron chi connectivity index (χ2n) is 3.72. The zero-order valence-electron chi connectivity index (χ0n) is 8.63. The van der Waals surface area contributed by atoms with E-state index in [9.17, 15) is 5.11 Å². The molecule has 0 spiro atoms. The van der Waals surface area contributed by atoms with E-state index in [0.717, 1.165) is 11.1 Å². The van der Waals surface area contributed by atoms with Crippen molar-refractivity contribution in [2.75, 3.05) is 0 Å². The fourth-order valence-electron chi connectivity index (χ4n) is 1.44. The van der Waals surface area contributed by atoms with E-state index in [-0.39, 0.29) is 0 Å². The topological polar surface area (TPSA) is 20.2 Å². The van der Waals surface area contributed by atoms with Gasteiger partial charge in [0.1, 0.15) is 0 Å². The van der Waals surface area contributed by atoms with Gasteiger partial charge in [0.2, 0.25) is 0 Å². The molecule has 1 atom stereocenters. The molecule has 0 amide bonds. The predicted molar refractivity (Wildman–Crippen MR) is 65.6 cm³/mol. The predicted octanol–water partition coefficient (Wildman–Crippen LogP) is 3.86. The molecule has 0 aliphatic heterocycles. The Bertz CT molecular complexity index is 340. The Morgan fingerprint density at radius 2 is 1.93 bits per heavy atom. The molecule has 0 fully saturated rings. The van der Waals surface area contributed by atoms with Gasteiger partial charge in [-0.3, -0.25) is 0 Å². The first-order valence-electron chi connectivity index (χ1n) is 4.76. The first kappa shape index (κ1) is 12.6. The molecule has 1 aromatic rings. The van der Waals surface area contributed by atoms with Crippen LogP contribution in [0.15, 0.2) is 30.4 Å². The number of rotatable bonds is 4. The lowest BCUT2D eigenvalue weighted by Crippen LogP contribution is -2.11. The summed E-state index contributed by atoms with van der Waals surface area (Å²) in [6, 6.07) is 5.34. The minimum atomic E-state index is -0.472. The summed E-state index contributed by atoms with van der Waals surface area (Å²) >= 11 is 12.0. The van der Waals surface area contributed by atoms with Crippen LogP contribution in [0.3, 0.4) is 0 Å². The number of aliphatic hydroxyl groups is 1. The fourth-order valence-corrected chi connectivity index (χ4v) is 1.99. The molecule has 1 N–H and O–H groups in total. The molecule has 0 heterocycles. The van der Waals surface area contributed by atoms with Crippen LogP contribution in [0.1, 0.15) is 18.9 Å². The lowest BCUT2D eigenvalue weighted by molar-refractivity contribution is 0.175.